The molecule has 0 spiro atoms. The third-order valence-electron chi connectivity index (χ3n) is 4.27. The van der Waals surface area contributed by atoms with Gasteiger partial charge < -0.3 is 4.74 Å². The van der Waals surface area contributed by atoms with Crippen molar-refractivity contribution in [3.05, 3.63) is 0 Å². The molecule has 0 heterocycles. The molecule has 1 fully saturated rings. The molecule has 0 bridgehead atoms. The highest BCUT2D eigenvalue weighted by Gasteiger charge is 2.42. The van der Waals surface area contributed by atoms with Crippen LogP contribution in [0.25, 0.3) is 0 Å². The number of rotatable bonds is 8. The standard InChI is InChI=1S/C14H30N2O3S/c1-4-19-14(9-5-7-12(2)11-14)13(16-15)8-6-10-20(3,17)18/h12-13,16H,4-11,15H2,1-3H3. The van der Waals surface area contributed by atoms with E-state index in [-0.39, 0.29) is 17.4 Å². The fourth-order valence-electron chi connectivity index (χ4n) is 3.43. The SMILES string of the molecule is CCOC1(C(CCCS(C)(=O)=O)NN)CCCC(C)C1. The minimum Gasteiger partial charge on any atom is -0.374 e. The monoisotopic (exact) mass is 306 g/mol. The van der Waals surface area contributed by atoms with E-state index in [0.717, 1.165) is 25.7 Å². The molecule has 5 nitrogen and oxygen atoms in total. The van der Waals surface area contributed by atoms with Gasteiger partial charge in [-0.3, -0.25) is 11.3 Å². The van der Waals surface area contributed by atoms with Gasteiger partial charge in [-0.05, 0) is 38.5 Å². The quantitative estimate of drug-likeness (QED) is 0.526. The first kappa shape index (κ1) is 17.9. The van der Waals surface area contributed by atoms with E-state index in [4.69, 9.17) is 10.6 Å². The largest absolute Gasteiger partial charge is 0.374 e. The number of sulfone groups is 1. The molecule has 120 valence electrons. The summed E-state index contributed by atoms with van der Waals surface area (Å²) in [5, 5.41) is 0. The molecule has 0 aromatic carbocycles. The Hall–Kier alpha value is -0.170. The zero-order valence-corrected chi connectivity index (χ0v) is 13.8. The molecule has 20 heavy (non-hydrogen) atoms. The first-order valence-corrected chi connectivity index (χ1v) is 9.67. The Morgan fingerprint density at radius 2 is 2.20 bits per heavy atom. The summed E-state index contributed by atoms with van der Waals surface area (Å²) in [4.78, 5) is 0. The smallest absolute Gasteiger partial charge is 0.147 e. The number of hydrogen-bond donors (Lipinski definition) is 2. The van der Waals surface area contributed by atoms with Crippen LogP contribution in [-0.2, 0) is 14.6 Å². The predicted octanol–water partition coefficient (Wildman–Crippen LogP) is 1.63. The van der Waals surface area contributed by atoms with Crippen LogP contribution >= 0.6 is 0 Å². The van der Waals surface area contributed by atoms with Crippen molar-refractivity contribution in [2.75, 3.05) is 18.6 Å². The molecule has 3 N–H and O–H groups in total. The Kier molecular flexibility index (Phi) is 6.91. The Morgan fingerprint density at radius 1 is 1.50 bits per heavy atom. The van der Waals surface area contributed by atoms with Gasteiger partial charge in [0.15, 0.2) is 0 Å². The number of hydrazine groups is 1. The number of ether oxygens (including phenoxy) is 1. The second-order valence-corrected chi connectivity index (χ2v) is 8.45. The van der Waals surface area contributed by atoms with E-state index in [0.29, 0.717) is 18.9 Å². The third-order valence-corrected chi connectivity index (χ3v) is 5.30. The van der Waals surface area contributed by atoms with Crippen LogP contribution in [-0.4, -0.2) is 38.7 Å². The lowest BCUT2D eigenvalue weighted by Crippen LogP contribution is -2.57. The minimum absolute atomic E-state index is 0.0203. The van der Waals surface area contributed by atoms with E-state index in [1.165, 1.54) is 12.7 Å². The highest BCUT2D eigenvalue weighted by atomic mass is 32.2. The molecule has 0 aliphatic heterocycles. The van der Waals surface area contributed by atoms with Crippen molar-refractivity contribution in [3.63, 3.8) is 0 Å². The van der Waals surface area contributed by atoms with Crippen LogP contribution in [0.2, 0.25) is 0 Å². The average Bonchev–Trinajstić information content (AvgIpc) is 2.33. The van der Waals surface area contributed by atoms with Crippen molar-refractivity contribution in [2.24, 2.45) is 11.8 Å². The van der Waals surface area contributed by atoms with E-state index in [1.807, 2.05) is 6.92 Å². The molecule has 1 rings (SSSR count). The van der Waals surface area contributed by atoms with Gasteiger partial charge in [0.2, 0.25) is 0 Å². The second-order valence-electron chi connectivity index (χ2n) is 6.19. The lowest BCUT2D eigenvalue weighted by molar-refractivity contribution is -0.102. The maximum Gasteiger partial charge on any atom is 0.147 e. The van der Waals surface area contributed by atoms with Crippen LogP contribution in [0.1, 0.15) is 52.4 Å². The Balaban J connectivity index is 2.70. The molecule has 1 aliphatic rings. The van der Waals surface area contributed by atoms with Crippen molar-refractivity contribution in [3.8, 4) is 0 Å². The summed E-state index contributed by atoms with van der Waals surface area (Å²) in [6.07, 6.45) is 7.00. The molecule has 1 aliphatic carbocycles. The Morgan fingerprint density at radius 3 is 2.70 bits per heavy atom. The summed E-state index contributed by atoms with van der Waals surface area (Å²) < 4.78 is 28.6. The normalized spacial score (nSPS) is 29.3. The highest BCUT2D eigenvalue weighted by molar-refractivity contribution is 7.90. The van der Waals surface area contributed by atoms with Crippen LogP contribution in [0.3, 0.4) is 0 Å². The van der Waals surface area contributed by atoms with Gasteiger partial charge in [0.25, 0.3) is 0 Å². The van der Waals surface area contributed by atoms with Crippen LogP contribution in [0.4, 0.5) is 0 Å². The van der Waals surface area contributed by atoms with Crippen LogP contribution in [0, 0.1) is 5.92 Å². The van der Waals surface area contributed by atoms with Crippen molar-refractivity contribution < 1.29 is 13.2 Å². The molecule has 0 aromatic rings. The maximum atomic E-state index is 11.3. The molecule has 3 atom stereocenters. The van der Waals surface area contributed by atoms with E-state index in [2.05, 4.69) is 12.3 Å². The van der Waals surface area contributed by atoms with Gasteiger partial charge in [-0.25, -0.2) is 8.42 Å². The average molecular weight is 306 g/mol. The Bertz CT molecular complexity index is 382. The van der Waals surface area contributed by atoms with Crippen molar-refractivity contribution in [1.82, 2.24) is 5.43 Å². The van der Waals surface area contributed by atoms with E-state index < -0.39 is 9.84 Å². The summed E-state index contributed by atoms with van der Waals surface area (Å²) in [5.74, 6) is 6.57. The number of nitrogens with two attached hydrogens (primary N) is 1. The van der Waals surface area contributed by atoms with Gasteiger partial charge in [-0.1, -0.05) is 19.8 Å². The molecule has 0 radical (unpaired) electrons. The minimum atomic E-state index is -2.91. The van der Waals surface area contributed by atoms with Gasteiger partial charge in [-0.2, -0.15) is 0 Å². The van der Waals surface area contributed by atoms with Crippen LogP contribution < -0.4 is 11.3 Å². The second kappa shape index (κ2) is 7.73. The maximum absolute atomic E-state index is 11.3. The third kappa shape index (κ3) is 5.31. The van der Waals surface area contributed by atoms with E-state index in [1.54, 1.807) is 0 Å². The molecular weight excluding hydrogens is 276 g/mol. The molecule has 0 aromatic heterocycles. The molecule has 3 unspecified atom stereocenters. The Labute approximate surface area is 123 Å². The zero-order chi connectivity index (χ0) is 15.2. The summed E-state index contributed by atoms with van der Waals surface area (Å²) in [6.45, 7) is 4.92. The van der Waals surface area contributed by atoms with E-state index in [9.17, 15) is 8.42 Å². The van der Waals surface area contributed by atoms with Gasteiger partial charge in [0, 0.05) is 18.6 Å². The molecule has 1 saturated carbocycles. The molecular formula is C14H30N2O3S. The topological polar surface area (TPSA) is 81.4 Å². The van der Waals surface area contributed by atoms with Gasteiger partial charge in [-0.15, -0.1) is 0 Å². The van der Waals surface area contributed by atoms with Gasteiger partial charge in [0.05, 0.1) is 11.6 Å². The van der Waals surface area contributed by atoms with Gasteiger partial charge >= 0.3 is 0 Å². The summed E-state index contributed by atoms with van der Waals surface area (Å²) in [6, 6.07) is 0.0203. The summed E-state index contributed by atoms with van der Waals surface area (Å²) in [5.41, 5.74) is 2.65. The predicted molar refractivity (Wildman–Crippen MR) is 82.0 cm³/mol. The fraction of sp³-hybridized carbons (Fsp3) is 1.00. The van der Waals surface area contributed by atoms with Crippen molar-refractivity contribution >= 4 is 9.84 Å². The first-order valence-electron chi connectivity index (χ1n) is 7.61. The van der Waals surface area contributed by atoms with Crippen molar-refractivity contribution in [1.29, 1.82) is 0 Å². The van der Waals surface area contributed by atoms with Crippen molar-refractivity contribution in [2.45, 2.75) is 64.0 Å². The summed E-state index contributed by atoms with van der Waals surface area (Å²) in [7, 11) is -2.91. The zero-order valence-electron chi connectivity index (χ0n) is 13.0. The highest BCUT2D eigenvalue weighted by Crippen LogP contribution is 2.38. The number of nitrogens with one attached hydrogen (secondary N) is 1. The lowest BCUT2D eigenvalue weighted by atomic mass is 9.73. The molecule has 0 saturated heterocycles. The lowest BCUT2D eigenvalue weighted by Gasteiger charge is -2.45. The van der Waals surface area contributed by atoms with E-state index >= 15 is 0 Å². The first-order chi connectivity index (χ1) is 9.33. The van der Waals surface area contributed by atoms with Crippen LogP contribution in [0.5, 0.6) is 0 Å². The summed E-state index contributed by atoms with van der Waals surface area (Å²) >= 11 is 0. The van der Waals surface area contributed by atoms with Gasteiger partial charge in [0.1, 0.15) is 9.84 Å². The van der Waals surface area contributed by atoms with Crippen LogP contribution in [0.15, 0.2) is 0 Å². The molecule has 6 heteroatoms. The fourth-order valence-corrected chi connectivity index (χ4v) is 4.12. The number of hydrogen-bond acceptors (Lipinski definition) is 5. The molecule has 0 amide bonds.